The Balaban J connectivity index is 1.65. The molecule has 0 radical (unpaired) electrons. The molecule has 3 rings (SSSR count). The van der Waals surface area contributed by atoms with Gasteiger partial charge in [0.1, 0.15) is 11.6 Å². The zero-order valence-electron chi connectivity index (χ0n) is 12.4. The lowest BCUT2D eigenvalue weighted by Gasteiger charge is -2.15. The highest BCUT2D eigenvalue weighted by Crippen LogP contribution is 2.26. The fraction of sp³-hybridized carbons (Fsp3) is 0.333. The number of halogens is 1. The first-order chi connectivity index (χ1) is 10.1. The molecular formula is C18H20FNO. The first-order valence-electron chi connectivity index (χ1n) is 7.37. The molecule has 110 valence electrons. The molecule has 0 aliphatic carbocycles. The summed E-state index contributed by atoms with van der Waals surface area (Å²) in [5, 5.41) is 3.45. The van der Waals surface area contributed by atoms with Gasteiger partial charge in [-0.2, -0.15) is 0 Å². The van der Waals surface area contributed by atoms with Crippen LogP contribution in [0.4, 0.5) is 4.39 Å². The van der Waals surface area contributed by atoms with Crippen molar-refractivity contribution < 1.29 is 9.13 Å². The molecule has 1 unspecified atom stereocenters. The SMILES string of the molecule is Cc1ccc(C(C)NCc2ccc3c(c2)CCO3)cc1F. The minimum Gasteiger partial charge on any atom is -0.493 e. The van der Waals surface area contributed by atoms with Gasteiger partial charge >= 0.3 is 0 Å². The molecule has 1 atom stereocenters. The molecule has 1 N–H and O–H groups in total. The van der Waals surface area contributed by atoms with E-state index >= 15 is 0 Å². The Morgan fingerprint density at radius 3 is 2.90 bits per heavy atom. The van der Waals surface area contributed by atoms with E-state index in [2.05, 4.69) is 24.4 Å². The number of nitrogens with one attached hydrogen (secondary N) is 1. The predicted molar refractivity (Wildman–Crippen MR) is 82.0 cm³/mol. The molecule has 0 spiro atoms. The van der Waals surface area contributed by atoms with Crippen LogP contribution in [0, 0.1) is 12.7 Å². The quantitative estimate of drug-likeness (QED) is 0.919. The first-order valence-corrected chi connectivity index (χ1v) is 7.37. The summed E-state index contributed by atoms with van der Waals surface area (Å²) in [6.07, 6.45) is 0.988. The highest BCUT2D eigenvalue weighted by Gasteiger charge is 2.12. The highest BCUT2D eigenvalue weighted by atomic mass is 19.1. The lowest BCUT2D eigenvalue weighted by Crippen LogP contribution is -2.18. The molecule has 0 amide bonds. The maximum absolute atomic E-state index is 13.6. The van der Waals surface area contributed by atoms with Gasteiger partial charge in [-0.15, -0.1) is 0 Å². The van der Waals surface area contributed by atoms with Crippen LogP contribution >= 0.6 is 0 Å². The van der Waals surface area contributed by atoms with Crippen LogP contribution in [0.15, 0.2) is 36.4 Å². The molecule has 2 nitrogen and oxygen atoms in total. The average molecular weight is 285 g/mol. The molecular weight excluding hydrogens is 265 g/mol. The second kappa shape index (κ2) is 5.86. The van der Waals surface area contributed by atoms with E-state index in [1.54, 1.807) is 13.0 Å². The Kier molecular flexibility index (Phi) is 3.93. The monoisotopic (exact) mass is 285 g/mol. The third-order valence-corrected chi connectivity index (χ3v) is 4.06. The van der Waals surface area contributed by atoms with Gasteiger partial charge in [-0.25, -0.2) is 4.39 Å². The lowest BCUT2D eigenvalue weighted by atomic mass is 10.0. The summed E-state index contributed by atoms with van der Waals surface area (Å²) in [4.78, 5) is 0. The number of benzene rings is 2. The predicted octanol–water partition coefficient (Wildman–Crippen LogP) is 3.92. The fourth-order valence-electron chi connectivity index (χ4n) is 2.62. The third-order valence-electron chi connectivity index (χ3n) is 4.06. The number of aryl methyl sites for hydroxylation is 1. The van der Waals surface area contributed by atoms with Crippen LogP contribution in [0.2, 0.25) is 0 Å². The summed E-state index contributed by atoms with van der Waals surface area (Å²) in [6.45, 7) is 5.39. The van der Waals surface area contributed by atoms with E-state index < -0.39 is 0 Å². The van der Waals surface area contributed by atoms with E-state index in [9.17, 15) is 4.39 Å². The molecule has 3 heteroatoms. The Morgan fingerprint density at radius 1 is 1.24 bits per heavy atom. The van der Waals surface area contributed by atoms with Gasteiger partial charge in [-0.05, 0) is 48.2 Å². The molecule has 21 heavy (non-hydrogen) atoms. The van der Waals surface area contributed by atoms with Crippen LogP contribution in [0.5, 0.6) is 5.75 Å². The zero-order valence-corrected chi connectivity index (χ0v) is 12.4. The zero-order chi connectivity index (χ0) is 14.8. The average Bonchev–Trinajstić information content (AvgIpc) is 2.95. The van der Waals surface area contributed by atoms with E-state index in [0.29, 0.717) is 5.56 Å². The van der Waals surface area contributed by atoms with E-state index in [4.69, 9.17) is 4.74 Å². The molecule has 2 aromatic rings. The van der Waals surface area contributed by atoms with Crippen LogP contribution in [-0.4, -0.2) is 6.61 Å². The van der Waals surface area contributed by atoms with Crippen LogP contribution < -0.4 is 10.1 Å². The van der Waals surface area contributed by atoms with Gasteiger partial charge in [0.25, 0.3) is 0 Å². The molecule has 0 aromatic heterocycles. The van der Waals surface area contributed by atoms with Gasteiger partial charge in [0.05, 0.1) is 6.61 Å². The molecule has 0 saturated carbocycles. The summed E-state index contributed by atoms with van der Waals surface area (Å²) >= 11 is 0. The Morgan fingerprint density at radius 2 is 2.10 bits per heavy atom. The van der Waals surface area contributed by atoms with Crippen molar-refractivity contribution >= 4 is 0 Å². The lowest BCUT2D eigenvalue weighted by molar-refractivity contribution is 0.357. The van der Waals surface area contributed by atoms with Crippen molar-refractivity contribution in [2.24, 2.45) is 0 Å². The van der Waals surface area contributed by atoms with Gasteiger partial charge in [-0.1, -0.05) is 24.3 Å². The van der Waals surface area contributed by atoms with Gasteiger partial charge in [0, 0.05) is 19.0 Å². The van der Waals surface area contributed by atoms with Gasteiger partial charge in [0.2, 0.25) is 0 Å². The van der Waals surface area contributed by atoms with Gasteiger partial charge in [0.15, 0.2) is 0 Å². The summed E-state index contributed by atoms with van der Waals surface area (Å²) < 4.78 is 19.1. The molecule has 0 saturated heterocycles. The van der Waals surface area contributed by atoms with Crippen molar-refractivity contribution in [2.45, 2.75) is 32.9 Å². The Bertz CT molecular complexity index is 654. The summed E-state index contributed by atoms with van der Waals surface area (Å²) in [5.74, 6) is 0.864. The molecule has 0 bridgehead atoms. The molecule has 1 heterocycles. The van der Waals surface area contributed by atoms with Gasteiger partial charge < -0.3 is 10.1 Å². The van der Waals surface area contributed by atoms with Crippen molar-refractivity contribution in [3.63, 3.8) is 0 Å². The highest BCUT2D eigenvalue weighted by molar-refractivity contribution is 5.39. The minimum absolute atomic E-state index is 0.115. The Hall–Kier alpha value is -1.87. The van der Waals surface area contributed by atoms with E-state index in [1.807, 2.05) is 18.2 Å². The van der Waals surface area contributed by atoms with Crippen molar-refractivity contribution in [1.82, 2.24) is 5.32 Å². The summed E-state index contributed by atoms with van der Waals surface area (Å²) in [5.41, 5.74) is 4.18. The van der Waals surface area contributed by atoms with E-state index in [-0.39, 0.29) is 11.9 Å². The maximum atomic E-state index is 13.6. The van der Waals surface area contributed by atoms with Gasteiger partial charge in [-0.3, -0.25) is 0 Å². The van der Waals surface area contributed by atoms with Crippen LogP contribution in [0.3, 0.4) is 0 Å². The fourth-order valence-corrected chi connectivity index (χ4v) is 2.62. The topological polar surface area (TPSA) is 21.3 Å². The van der Waals surface area contributed by atoms with Crippen molar-refractivity contribution in [3.8, 4) is 5.75 Å². The van der Waals surface area contributed by atoms with Crippen LogP contribution in [0.1, 0.15) is 35.2 Å². The minimum atomic E-state index is -0.143. The Labute approximate surface area is 125 Å². The molecule has 1 aliphatic rings. The second-order valence-corrected chi connectivity index (χ2v) is 5.65. The summed E-state index contributed by atoms with van der Waals surface area (Å²) in [7, 11) is 0. The van der Waals surface area contributed by atoms with Crippen LogP contribution in [-0.2, 0) is 13.0 Å². The maximum Gasteiger partial charge on any atom is 0.126 e. The molecule has 1 aliphatic heterocycles. The second-order valence-electron chi connectivity index (χ2n) is 5.65. The molecule has 2 aromatic carbocycles. The number of ether oxygens (including phenoxy) is 1. The number of hydrogen-bond donors (Lipinski definition) is 1. The van der Waals surface area contributed by atoms with Crippen molar-refractivity contribution in [1.29, 1.82) is 0 Å². The standard InChI is InChI=1S/C18H20FNO/c1-12-3-5-15(10-17(12)19)13(2)20-11-14-4-6-18-16(9-14)7-8-21-18/h3-6,9-10,13,20H,7-8,11H2,1-2H3. The van der Waals surface area contributed by atoms with Crippen molar-refractivity contribution in [2.75, 3.05) is 6.61 Å². The smallest absolute Gasteiger partial charge is 0.126 e. The first kappa shape index (κ1) is 14.1. The normalized spacial score (nSPS) is 14.6. The van der Waals surface area contributed by atoms with Crippen molar-refractivity contribution in [3.05, 3.63) is 64.5 Å². The summed E-state index contributed by atoms with van der Waals surface area (Å²) in [6, 6.07) is 11.9. The number of hydrogen-bond acceptors (Lipinski definition) is 2. The third kappa shape index (κ3) is 3.08. The number of rotatable bonds is 4. The molecule has 0 fully saturated rings. The van der Waals surface area contributed by atoms with E-state index in [0.717, 1.165) is 30.9 Å². The number of fused-ring (bicyclic) bond motifs is 1. The van der Waals surface area contributed by atoms with Crippen LogP contribution in [0.25, 0.3) is 0 Å². The largest absolute Gasteiger partial charge is 0.493 e. The van der Waals surface area contributed by atoms with E-state index in [1.165, 1.54) is 11.1 Å².